The molecule has 1 aromatic rings. The number of para-hydroxylation sites is 1. The highest BCUT2D eigenvalue weighted by molar-refractivity contribution is 7.80. The Balaban J connectivity index is 2.51. The third-order valence-corrected chi connectivity index (χ3v) is 2.57. The molecule has 0 N–H and O–H groups in total. The summed E-state index contributed by atoms with van der Waals surface area (Å²) < 4.78 is 5.41. The van der Waals surface area contributed by atoms with E-state index in [1.165, 1.54) is 5.06 Å². The standard InChI is InChI=1S/C11H14N2O2S2/c1-12(2)10(16)15-13(3)11(17)14-9-7-5-4-6-8-9/h4-8H,1-3H3. The summed E-state index contributed by atoms with van der Waals surface area (Å²) >= 11 is 10.0. The molecule has 0 bridgehead atoms. The molecule has 0 radical (unpaired) electrons. The van der Waals surface area contributed by atoms with Gasteiger partial charge in [0.05, 0.1) is 0 Å². The van der Waals surface area contributed by atoms with E-state index in [1.807, 2.05) is 30.3 Å². The Hall–Kier alpha value is -1.40. The molecule has 0 spiro atoms. The van der Waals surface area contributed by atoms with Gasteiger partial charge in [0, 0.05) is 21.1 Å². The molecule has 0 aliphatic carbocycles. The van der Waals surface area contributed by atoms with Crippen molar-refractivity contribution in [1.82, 2.24) is 9.96 Å². The lowest BCUT2D eigenvalue weighted by atomic mass is 10.3. The summed E-state index contributed by atoms with van der Waals surface area (Å²) in [4.78, 5) is 6.93. The summed E-state index contributed by atoms with van der Waals surface area (Å²) in [6, 6.07) is 9.25. The molecule has 0 unspecified atom stereocenters. The molecule has 92 valence electrons. The predicted octanol–water partition coefficient (Wildman–Crippen LogP) is 2.06. The summed E-state index contributed by atoms with van der Waals surface area (Å²) in [7, 11) is 5.22. The van der Waals surface area contributed by atoms with Crippen molar-refractivity contribution in [3.63, 3.8) is 0 Å². The van der Waals surface area contributed by atoms with Gasteiger partial charge in [0.15, 0.2) is 0 Å². The summed E-state index contributed by atoms with van der Waals surface area (Å²) in [5.74, 6) is 0.656. The maximum atomic E-state index is 5.41. The van der Waals surface area contributed by atoms with Gasteiger partial charge in [0.1, 0.15) is 5.75 Å². The van der Waals surface area contributed by atoms with Gasteiger partial charge in [-0.1, -0.05) is 18.2 Å². The van der Waals surface area contributed by atoms with Gasteiger partial charge in [0.2, 0.25) is 0 Å². The van der Waals surface area contributed by atoms with Crippen molar-refractivity contribution >= 4 is 34.8 Å². The molecule has 0 saturated carbocycles. The van der Waals surface area contributed by atoms with Crippen molar-refractivity contribution in [3.05, 3.63) is 30.3 Å². The van der Waals surface area contributed by atoms with E-state index in [0.29, 0.717) is 10.9 Å². The quantitative estimate of drug-likeness (QED) is 0.572. The molecule has 4 nitrogen and oxygen atoms in total. The molecule has 0 heterocycles. The van der Waals surface area contributed by atoms with Gasteiger partial charge in [-0.25, -0.2) is 0 Å². The highest BCUT2D eigenvalue weighted by Crippen LogP contribution is 2.10. The van der Waals surface area contributed by atoms with Crippen LogP contribution in [-0.2, 0) is 4.84 Å². The number of nitrogens with zero attached hydrogens (tertiary/aromatic N) is 2. The second-order valence-electron chi connectivity index (χ2n) is 3.43. The molecule has 0 fully saturated rings. The van der Waals surface area contributed by atoms with Gasteiger partial charge in [0.25, 0.3) is 10.3 Å². The van der Waals surface area contributed by atoms with Gasteiger partial charge in [-0.2, -0.15) is 5.06 Å². The number of rotatable bonds is 1. The molecule has 17 heavy (non-hydrogen) atoms. The third-order valence-electron chi connectivity index (χ3n) is 1.79. The molecule has 0 saturated heterocycles. The lowest BCUT2D eigenvalue weighted by molar-refractivity contribution is 0.00756. The number of hydroxylamine groups is 2. The monoisotopic (exact) mass is 270 g/mol. The molecule has 0 aromatic heterocycles. The largest absolute Gasteiger partial charge is 0.430 e. The number of benzene rings is 1. The molecular weight excluding hydrogens is 256 g/mol. The molecule has 0 aliphatic heterocycles. The van der Waals surface area contributed by atoms with Crippen LogP contribution in [0.4, 0.5) is 0 Å². The lowest BCUT2D eigenvalue weighted by Crippen LogP contribution is -2.36. The average Bonchev–Trinajstić information content (AvgIpc) is 2.29. The Morgan fingerprint density at radius 3 is 2.12 bits per heavy atom. The minimum Gasteiger partial charge on any atom is -0.430 e. The van der Waals surface area contributed by atoms with Crippen molar-refractivity contribution in [2.45, 2.75) is 0 Å². The number of thiocarbonyl (C=S) groups is 2. The van der Waals surface area contributed by atoms with Crippen LogP contribution in [0.2, 0.25) is 0 Å². The molecule has 0 atom stereocenters. The van der Waals surface area contributed by atoms with Crippen LogP contribution < -0.4 is 4.74 Å². The molecule has 0 aliphatic rings. The average molecular weight is 270 g/mol. The van der Waals surface area contributed by atoms with Crippen LogP contribution >= 0.6 is 24.4 Å². The van der Waals surface area contributed by atoms with Crippen LogP contribution in [0, 0.1) is 0 Å². The van der Waals surface area contributed by atoms with Gasteiger partial charge in [-0.05, 0) is 36.6 Å². The van der Waals surface area contributed by atoms with Gasteiger partial charge in [-0.15, -0.1) is 0 Å². The molecular formula is C11H14N2O2S2. The Morgan fingerprint density at radius 2 is 1.59 bits per heavy atom. The van der Waals surface area contributed by atoms with Crippen molar-refractivity contribution < 1.29 is 9.57 Å². The van der Waals surface area contributed by atoms with Crippen LogP contribution in [0.25, 0.3) is 0 Å². The summed E-state index contributed by atoms with van der Waals surface area (Å²) in [6.07, 6.45) is 0. The van der Waals surface area contributed by atoms with Crippen molar-refractivity contribution in [3.8, 4) is 5.75 Å². The number of hydrogen-bond acceptors (Lipinski definition) is 4. The Kier molecular flexibility index (Phi) is 5.11. The normalized spacial score (nSPS) is 9.35. The van der Waals surface area contributed by atoms with Gasteiger partial charge < -0.3 is 14.5 Å². The van der Waals surface area contributed by atoms with Crippen LogP contribution in [0.3, 0.4) is 0 Å². The second-order valence-corrected chi connectivity index (χ2v) is 4.13. The number of hydrogen-bond donors (Lipinski definition) is 0. The zero-order chi connectivity index (χ0) is 12.8. The minimum absolute atomic E-state index is 0.195. The van der Waals surface area contributed by atoms with E-state index in [9.17, 15) is 0 Å². The highest BCUT2D eigenvalue weighted by Gasteiger charge is 2.11. The van der Waals surface area contributed by atoms with E-state index in [0.717, 1.165) is 0 Å². The number of ether oxygens (including phenoxy) is 1. The van der Waals surface area contributed by atoms with Crippen LogP contribution in [-0.4, -0.2) is 41.5 Å². The van der Waals surface area contributed by atoms with Crippen molar-refractivity contribution in [1.29, 1.82) is 0 Å². The van der Waals surface area contributed by atoms with E-state index in [4.69, 9.17) is 34.0 Å². The molecule has 0 amide bonds. The van der Waals surface area contributed by atoms with E-state index in [2.05, 4.69) is 0 Å². The fraction of sp³-hybridized carbons (Fsp3) is 0.273. The first-order valence-corrected chi connectivity index (χ1v) is 5.72. The Bertz CT molecular complexity index is 396. The molecule has 1 aromatic carbocycles. The smallest absolute Gasteiger partial charge is 0.298 e. The first-order valence-electron chi connectivity index (χ1n) is 4.90. The van der Waals surface area contributed by atoms with E-state index < -0.39 is 0 Å². The third kappa shape index (κ3) is 4.54. The lowest BCUT2D eigenvalue weighted by Gasteiger charge is -2.22. The zero-order valence-corrected chi connectivity index (χ0v) is 11.5. The summed E-state index contributed by atoms with van der Waals surface area (Å²) in [5.41, 5.74) is 0. The SMILES string of the molecule is CN(C)C(=S)ON(C)C(=S)Oc1ccccc1. The first kappa shape index (κ1) is 13.7. The zero-order valence-electron chi connectivity index (χ0n) is 9.91. The van der Waals surface area contributed by atoms with Crippen molar-refractivity contribution in [2.75, 3.05) is 21.1 Å². The van der Waals surface area contributed by atoms with Gasteiger partial charge >= 0.3 is 0 Å². The highest BCUT2D eigenvalue weighted by atomic mass is 32.1. The van der Waals surface area contributed by atoms with Crippen LogP contribution in [0.15, 0.2) is 30.3 Å². The maximum absolute atomic E-state index is 5.41. The molecule has 6 heteroatoms. The topological polar surface area (TPSA) is 24.9 Å². The van der Waals surface area contributed by atoms with Crippen LogP contribution in [0.1, 0.15) is 0 Å². The summed E-state index contributed by atoms with van der Waals surface area (Å²) in [6.45, 7) is 0. The predicted molar refractivity (Wildman–Crippen MR) is 74.8 cm³/mol. The van der Waals surface area contributed by atoms with Crippen LogP contribution in [0.5, 0.6) is 5.75 Å². The first-order chi connectivity index (χ1) is 8.00. The second kappa shape index (κ2) is 6.36. The maximum Gasteiger partial charge on any atom is 0.298 e. The van der Waals surface area contributed by atoms with E-state index >= 15 is 0 Å². The minimum atomic E-state index is 0.195. The van der Waals surface area contributed by atoms with E-state index in [1.54, 1.807) is 26.0 Å². The Morgan fingerprint density at radius 1 is 1.00 bits per heavy atom. The fourth-order valence-electron chi connectivity index (χ4n) is 0.890. The fourth-order valence-corrected chi connectivity index (χ4v) is 1.13. The Labute approximate surface area is 112 Å². The van der Waals surface area contributed by atoms with Crippen molar-refractivity contribution in [2.24, 2.45) is 0 Å². The van der Waals surface area contributed by atoms with E-state index in [-0.39, 0.29) is 5.17 Å². The summed E-state index contributed by atoms with van der Waals surface area (Å²) in [5, 5.41) is 1.82. The van der Waals surface area contributed by atoms with Gasteiger partial charge in [-0.3, -0.25) is 0 Å². The molecule has 1 rings (SSSR count).